The highest BCUT2D eigenvalue weighted by Gasteiger charge is 2.23. The lowest BCUT2D eigenvalue weighted by molar-refractivity contribution is -0.140. The molecule has 0 fully saturated rings. The highest BCUT2D eigenvalue weighted by Crippen LogP contribution is 2.47. The molecular weight excluding hydrogens is 403 g/mol. The van der Waals surface area contributed by atoms with Gasteiger partial charge in [-0.3, -0.25) is 4.79 Å². The molecule has 1 amide bonds. The van der Waals surface area contributed by atoms with Gasteiger partial charge in [-0.25, -0.2) is 4.79 Å². The third-order valence-corrected chi connectivity index (χ3v) is 5.94. The van der Waals surface area contributed by atoms with Gasteiger partial charge < -0.3 is 10.4 Å². The Morgan fingerprint density at radius 1 is 1.05 bits per heavy atom. The van der Waals surface area contributed by atoms with E-state index in [9.17, 15) is 9.59 Å². The number of aliphatic carboxylic acids is 1. The van der Waals surface area contributed by atoms with Gasteiger partial charge in [0.2, 0.25) is 5.91 Å². The molecule has 0 spiro atoms. The van der Waals surface area contributed by atoms with Crippen LogP contribution in [0, 0.1) is 0 Å². The molecule has 1 atom stereocenters. The number of amides is 1. The highest BCUT2D eigenvalue weighted by molar-refractivity contribution is 7.99. The Bertz CT molecular complexity index is 567. The van der Waals surface area contributed by atoms with E-state index >= 15 is 0 Å². The molecule has 4 nitrogen and oxygen atoms in total. The van der Waals surface area contributed by atoms with Crippen LogP contribution in [0.1, 0.15) is 6.92 Å². The van der Waals surface area contributed by atoms with Gasteiger partial charge in [-0.05, 0) is 0 Å². The van der Waals surface area contributed by atoms with Crippen LogP contribution in [0.15, 0.2) is 4.90 Å². The van der Waals surface area contributed by atoms with E-state index in [1.165, 1.54) is 6.92 Å². The van der Waals surface area contributed by atoms with Crippen LogP contribution >= 0.6 is 69.8 Å². The summed E-state index contributed by atoms with van der Waals surface area (Å²) < 4.78 is 0. The average molecular weight is 412 g/mol. The monoisotopic (exact) mass is 409 g/mol. The summed E-state index contributed by atoms with van der Waals surface area (Å²) in [4.78, 5) is 22.3. The summed E-state index contributed by atoms with van der Waals surface area (Å²) in [5, 5.41) is 11.6. The van der Waals surface area contributed by atoms with Crippen LogP contribution in [0.25, 0.3) is 0 Å². The lowest BCUT2D eigenvalue weighted by Gasteiger charge is -2.15. The Morgan fingerprint density at radius 3 is 1.86 bits per heavy atom. The number of benzene rings is 1. The van der Waals surface area contributed by atoms with Gasteiger partial charge in [-0.15, -0.1) is 11.8 Å². The van der Waals surface area contributed by atoms with E-state index in [2.05, 4.69) is 5.32 Å². The average Bonchev–Trinajstić information content (AvgIpc) is 2.41. The van der Waals surface area contributed by atoms with Gasteiger partial charge in [0.25, 0.3) is 0 Å². The first-order chi connectivity index (χ1) is 9.66. The molecule has 0 aromatic heterocycles. The lowest BCUT2D eigenvalue weighted by Crippen LogP contribution is -2.41. The van der Waals surface area contributed by atoms with Crippen molar-refractivity contribution in [3.05, 3.63) is 25.1 Å². The van der Waals surface area contributed by atoms with Crippen molar-refractivity contribution >= 4 is 81.6 Å². The zero-order chi connectivity index (χ0) is 16.3. The van der Waals surface area contributed by atoms with Crippen molar-refractivity contribution in [1.82, 2.24) is 5.32 Å². The normalized spacial score (nSPS) is 12.1. The molecule has 21 heavy (non-hydrogen) atoms. The van der Waals surface area contributed by atoms with Crippen molar-refractivity contribution in [3.63, 3.8) is 0 Å². The third-order valence-electron chi connectivity index (χ3n) is 2.24. The van der Waals surface area contributed by atoms with Crippen molar-refractivity contribution in [2.24, 2.45) is 0 Å². The molecule has 0 saturated carbocycles. The first-order valence-corrected chi connectivity index (χ1v) is 8.18. The van der Waals surface area contributed by atoms with E-state index < -0.39 is 17.9 Å². The Labute approximate surface area is 150 Å². The number of rotatable bonds is 5. The molecule has 0 heterocycles. The van der Waals surface area contributed by atoms with Gasteiger partial charge in [0.1, 0.15) is 6.04 Å². The van der Waals surface area contributed by atoms with Crippen LogP contribution in [0.3, 0.4) is 0 Å². The first-order valence-electron chi connectivity index (χ1n) is 5.31. The fraction of sp³-hybridized carbons (Fsp3) is 0.273. The van der Waals surface area contributed by atoms with Crippen LogP contribution in [0.2, 0.25) is 25.1 Å². The number of carbonyl (C=O) groups is 2. The molecule has 1 rings (SSSR count). The van der Waals surface area contributed by atoms with Crippen molar-refractivity contribution in [2.75, 3.05) is 5.75 Å². The Morgan fingerprint density at radius 2 is 1.48 bits per heavy atom. The molecule has 0 bridgehead atoms. The van der Waals surface area contributed by atoms with Crippen molar-refractivity contribution < 1.29 is 14.7 Å². The summed E-state index contributed by atoms with van der Waals surface area (Å²) in [5.41, 5.74) is 0. The fourth-order valence-corrected chi connectivity index (χ4v) is 3.89. The van der Waals surface area contributed by atoms with E-state index in [0.29, 0.717) is 4.90 Å². The molecule has 1 aromatic carbocycles. The maximum atomic E-state index is 11.0. The summed E-state index contributed by atoms with van der Waals surface area (Å²) in [6, 6.07) is -1.10. The molecule has 0 aliphatic rings. The van der Waals surface area contributed by atoms with Crippen LogP contribution < -0.4 is 5.32 Å². The van der Waals surface area contributed by atoms with E-state index in [-0.39, 0.29) is 30.9 Å². The van der Waals surface area contributed by atoms with Gasteiger partial charge >= 0.3 is 5.97 Å². The number of halogens is 5. The maximum Gasteiger partial charge on any atom is 0.327 e. The molecule has 0 aliphatic heterocycles. The van der Waals surface area contributed by atoms with Gasteiger partial charge in [0.05, 0.1) is 25.1 Å². The fourth-order valence-electron chi connectivity index (χ4n) is 1.30. The minimum absolute atomic E-state index is 0.0113. The standard InChI is InChI=1S/C11H8Cl5NO3S/c1-3(18)17-4(11(19)20)2-21-10-8(15)6(13)5(12)7(14)9(10)16/h4H,2H2,1H3,(H,17,18)(H,19,20)/t4-/m0/s1. The zero-order valence-corrected chi connectivity index (χ0v) is 14.9. The van der Waals surface area contributed by atoms with Crippen molar-refractivity contribution in [1.29, 1.82) is 0 Å². The van der Waals surface area contributed by atoms with Gasteiger partial charge in [0.15, 0.2) is 0 Å². The number of carboxylic acids is 1. The van der Waals surface area contributed by atoms with E-state index in [1.54, 1.807) is 0 Å². The molecular formula is C11H8Cl5NO3S. The Balaban J connectivity index is 3.03. The van der Waals surface area contributed by atoms with Gasteiger partial charge in [-0.1, -0.05) is 58.0 Å². The van der Waals surface area contributed by atoms with Gasteiger partial charge in [0, 0.05) is 17.6 Å². The van der Waals surface area contributed by atoms with Gasteiger partial charge in [-0.2, -0.15) is 0 Å². The predicted molar refractivity (Wildman–Crippen MR) is 87.5 cm³/mol. The number of carboxylic acid groups (broad SMARTS) is 1. The minimum Gasteiger partial charge on any atom is -0.480 e. The van der Waals surface area contributed by atoms with Crippen LogP contribution in [-0.4, -0.2) is 28.8 Å². The summed E-state index contributed by atoms with van der Waals surface area (Å²) in [6.45, 7) is 1.22. The number of nitrogens with one attached hydrogen (secondary N) is 1. The number of carbonyl (C=O) groups excluding carboxylic acids is 1. The molecule has 116 valence electrons. The third kappa shape index (κ3) is 4.71. The largest absolute Gasteiger partial charge is 0.480 e. The second kappa shape index (κ2) is 7.99. The first kappa shape index (κ1) is 19.0. The SMILES string of the molecule is CC(=O)N[C@@H](CSc1c(Cl)c(Cl)c(Cl)c(Cl)c1Cl)C(=O)O. The van der Waals surface area contributed by atoms with E-state index in [1.807, 2.05) is 0 Å². The molecule has 2 N–H and O–H groups in total. The lowest BCUT2D eigenvalue weighted by atomic mass is 10.3. The quantitative estimate of drug-likeness (QED) is 0.421. The summed E-state index contributed by atoms with van der Waals surface area (Å²) in [5.74, 6) is -1.66. The topological polar surface area (TPSA) is 66.4 Å². The molecule has 1 aromatic rings. The number of hydrogen-bond donors (Lipinski definition) is 2. The molecule has 0 unspecified atom stereocenters. The Kier molecular flexibility index (Phi) is 7.24. The molecule has 10 heteroatoms. The summed E-state index contributed by atoms with van der Waals surface area (Å²) in [7, 11) is 0. The van der Waals surface area contributed by atoms with Crippen LogP contribution in [0.4, 0.5) is 0 Å². The van der Waals surface area contributed by atoms with E-state index in [4.69, 9.17) is 63.1 Å². The molecule has 0 radical (unpaired) electrons. The van der Waals surface area contributed by atoms with E-state index in [0.717, 1.165) is 11.8 Å². The van der Waals surface area contributed by atoms with Crippen LogP contribution in [0.5, 0.6) is 0 Å². The second-order valence-corrected chi connectivity index (χ2v) is 6.72. The number of thioether (sulfide) groups is 1. The number of hydrogen-bond acceptors (Lipinski definition) is 3. The van der Waals surface area contributed by atoms with Crippen LogP contribution in [-0.2, 0) is 9.59 Å². The van der Waals surface area contributed by atoms with Crippen molar-refractivity contribution in [2.45, 2.75) is 17.9 Å². The zero-order valence-electron chi connectivity index (χ0n) is 10.3. The summed E-state index contributed by atoms with van der Waals surface area (Å²) in [6.07, 6.45) is 0. The second-order valence-electron chi connectivity index (χ2n) is 3.80. The maximum absolute atomic E-state index is 11.0. The predicted octanol–water partition coefficient (Wildman–Crippen LogP) is 4.64. The minimum atomic E-state index is -1.18. The molecule has 0 saturated heterocycles. The Hall–Kier alpha value is -0.0400. The molecule has 0 aliphatic carbocycles. The van der Waals surface area contributed by atoms with Crippen molar-refractivity contribution in [3.8, 4) is 0 Å². The smallest absolute Gasteiger partial charge is 0.327 e. The highest BCUT2D eigenvalue weighted by atomic mass is 35.5. The summed E-state index contributed by atoms with van der Waals surface area (Å²) >= 11 is 30.7.